The van der Waals surface area contributed by atoms with Gasteiger partial charge in [-0.15, -0.1) is 5.10 Å². The smallest absolute Gasteiger partial charge is 0.242 e. The summed E-state index contributed by atoms with van der Waals surface area (Å²) in [5, 5.41) is 7.19. The van der Waals surface area contributed by atoms with Gasteiger partial charge in [-0.25, -0.2) is 9.67 Å². The first-order valence-electron chi connectivity index (χ1n) is 5.30. The van der Waals surface area contributed by atoms with Crippen molar-refractivity contribution in [2.45, 2.75) is 13.1 Å². The zero-order valence-electron chi connectivity index (χ0n) is 9.51. The van der Waals surface area contributed by atoms with Gasteiger partial charge in [0.2, 0.25) is 11.9 Å². The highest BCUT2D eigenvalue weighted by molar-refractivity contribution is 6.31. The number of rotatable bonds is 4. The highest BCUT2D eigenvalue weighted by Crippen LogP contribution is 2.14. The minimum absolute atomic E-state index is 0.0780. The zero-order valence-corrected chi connectivity index (χ0v) is 10.3. The Morgan fingerprint density at radius 1 is 1.44 bits per heavy atom. The molecule has 0 radical (unpaired) electrons. The van der Waals surface area contributed by atoms with Crippen molar-refractivity contribution in [1.29, 1.82) is 0 Å². The van der Waals surface area contributed by atoms with Gasteiger partial charge in [0.05, 0.1) is 0 Å². The van der Waals surface area contributed by atoms with Crippen LogP contribution in [0, 0.1) is 0 Å². The van der Waals surface area contributed by atoms with E-state index in [0.717, 1.165) is 5.56 Å². The first-order valence-corrected chi connectivity index (χ1v) is 5.68. The van der Waals surface area contributed by atoms with E-state index >= 15 is 0 Å². The maximum atomic E-state index is 11.6. The minimum atomic E-state index is -0.181. The van der Waals surface area contributed by atoms with Crippen molar-refractivity contribution in [3.05, 3.63) is 41.2 Å². The standard InChI is InChI=1S/C11H12ClN5O/c12-9-4-2-1-3-8(9)5-14-10(18)6-17-7-15-11(13)16-17/h1-4,7H,5-6H2,(H2,13,16)(H,14,18). The molecule has 0 spiro atoms. The quantitative estimate of drug-likeness (QED) is 0.857. The summed E-state index contributed by atoms with van der Waals surface area (Å²) in [6.07, 6.45) is 1.41. The Kier molecular flexibility index (Phi) is 3.78. The van der Waals surface area contributed by atoms with E-state index < -0.39 is 0 Å². The summed E-state index contributed by atoms with van der Waals surface area (Å²) in [7, 11) is 0. The first-order chi connectivity index (χ1) is 8.65. The van der Waals surface area contributed by atoms with Crippen LogP contribution in [0.25, 0.3) is 0 Å². The molecule has 0 aliphatic carbocycles. The lowest BCUT2D eigenvalue weighted by Crippen LogP contribution is -2.27. The van der Waals surface area contributed by atoms with Crippen LogP contribution in [-0.2, 0) is 17.9 Å². The molecule has 6 nitrogen and oxygen atoms in total. The highest BCUT2D eigenvalue weighted by atomic mass is 35.5. The molecule has 0 aliphatic rings. The van der Waals surface area contributed by atoms with E-state index in [1.165, 1.54) is 11.0 Å². The lowest BCUT2D eigenvalue weighted by molar-refractivity contribution is -0.122. The summed E-state index contributed by atoms with van der Waals surface area (Å²) in [5.74, 6) is -0.0336. The molecular weight excluding hydrogens is 254 g/mol. The molecule has 1 heterocycles. The van der Waals surface area contributed by atoms with E-state index in [1.807, 2.05) is 18.2 Å². The summed E-state index contributed by atoms with van der Waals surface area (Å²) in [6, 6.07) is 7.34. The van der Waals surface area contributed by atoms with Crippen molar-refractivity contribution in [3.63, 3.8) is 0 Å². The van der Waals surface area contributed by atoms with E-state index in [2.05, 4.69) is 15.4 Å². The molecule has 0 bridgehead atoms. The molecule has 1 amide bonds. The number of halogens is 1. The monoisotopic (exact) mass is 265 g/mol. The molecule has 2 aromatic rings. The lowest BCUT2D eigenvalue weighted by atomic mass is 10.2. The number of nitrogens with zero attached hydrogens (tertiary/aromatic N) is 3. The van der Waals surface area contributed by atoms with Crippen LogP contribution in [0.3, 0.4) is 0 Å². The molecule has 0 saturated heterocycles. The van der Waals surface area contributed by atoms with Crippen molar-refractivity contribution in [2.24, 2.45) is 0 Å². The van der Waals surface area contributed by atoms with Crippen molar-refractivity contribution >= 4 is 23.5 Å². The first kappa shape index (κ1) is 12.4. The molecule has 1 aromatic heterocycles. The molecular formula is C11H12ClN5O. The van der Waals surface area contributed by atoms with Crippen molar-refractivity contribution in [1.82, 2.24) is 20.1 Å². The van der Waals surface area contributed by atoms with Gasteiger partial charge in [-0.1, -0.05) is 29.8 Å². The average molecular weight is 266 g/mol. The van der Waals surface area contributed by atoms with Crippen LogP contribution in [0.4, 0.5) is 5.95 Å². The van der Waals surface area contributed by atoms with Crippen molar-refractivity contribution in [2.75, 3.05) is 5.73 Å². The second kappa shape index (κ2) is 5.50. The Hall–Kier alpha value is -2.08. The number of hydrogen-bond acceptors (Lipinski definition) is 4. The molecule has 0 fully saturated rings. The van der Waals surface area contributed by atoms with Gasteiger partial charge in [0, 0.05) is 11.6 Å². The fraction of sp³-hybridized carbons (Fsp3) is 0.182. The number of hydrogen-bond donors (Lipinski definition) is 2. The number of carbonyl (C=O) groups is 1. The number of nitrogen functional groups attached to an aromatic ring is 1. The predicted octanol–water partition coefficient (Wildman–Crippen LogP) is 0.830. The summed E-state index contributed by atoms with van der Waals surface area (Å²) < 4.78 is 1.37. The van der Waals surface area contributed by atoms with Crippen LogP contribution in [0.15, 0.2) is 30.6 Å². The van der Waals surface area contributed by atoms with Gasteiger partial charge >= 0.3 is 0 Å². The second-order valence-electron chi connectivity index (χ2n) is 3.67. The Balaban J connectivity index is 1.87. The van der Waals surface area contributed by atoms with E-state index in [4.69, 9.17) is 17.3 Å². The fourth-order valence-corrected chi connectivity index (χ4v) is 1.63. The fourth-order valence-electron chi connectivity index (χ4n) is 1.42. The van der Waals surface area contributed by atoms with Crippen LogP contribution >= 0.6 is 11.6 Å². The van der Waals surface area contributed by atoms with E-state index in [9.17, 15) is 4.79 Å². The maximum absolute atomic E-state index is 11.6. The Bertz CT molecular complexity index is 554. The number of nitrogens with one attached hydrogen (secondary N) is 1. The van der Waals surface area contributed by atoms with E-state index in [0.29, 0.717) is 11.6 Å². The summed E-state index contributed by atoms with van der Waals surface area (Å²) in [6.45, 7) is 0.456. The van der Waals surface area contributed by atoms with E-state index in [1.54, 1.807) is 6.07 Å². The topological polar surface area (TPSA) is 85.8 Å². The molecule has 3 N–H and O–H groups in total. The summed E-state index contributed by atoms with van der Waals surface area (Å²) >= 11 is 5.98. The van der Waals surface area contributed by atoms with Gasteiger partial charge in [-0.3, -0.25) is 4.79 Å². The average Bonchev–Trinajstić information content (AvgIpc) is 2.74. The van der Waals surface area contributed by atoms with Gasteiger partial charge in [0.15, 0.2) is 0 Å². The SMILES string of the molecule is Nc1ncn(CC(=O)NCc2ccccc2Cl)n1. The van der Waals surface area contributed by atoms with Crippen molar-refractivity contribution in [3.8, 4) is 0 Å². The van der Waals surface area contributed by atoms with Crippen LogP contribution in [0.2, 0.25) is 5.02 Å². The number of aromatic nitrogens is 3. The maximum Gasteiger partial charge on any atom is 0.242 e. The molecule has 1 aromatic carbocycles. The predicted molar refractivity (Wildman–Crippen MR) is 67.7 cm³/mol. The molecule has 0 atom stereocenters. The Morgan fingerprint density at radius 2 is 2.22 bits per heavy atom. The highest BCUT2D eigenvalue weighted by Gasteiger charge is 2.05. The number of benzene rings is 1. The number of carbonyl (C=O) groups excluding carboxylic acids is 1. The molecule has 94 valence electrons. The zero-order chi connectivity index (χ0) is 13.0. The van der Waals surface area contributed by atoms with Crippen LogP contribution in [0.1, 0.15) is 5.56 Å². The summed E-state index contributed by atoms with van der Waals surface area (Å²) in [4.78, 5) is 15.4. The van der Waals surface area contributed by atoms with Gasteiger partial charge < -0.3 is 11.1 Å². The second-order valence-corrected chi connectivity index (χ2v) is 4.08. The molecule has 0 saturated carbocycles. The largest absolute Gasteiger partial charge is 0.367 e. The van der Waals surface area contributed by atoms with Gasteiger partial charge in [0.1, 0.15) is 12.9 Å². The van der Waals surface area contributed by atoms with Crippen molar-refractivity contribution < 1.29 is 4.79 Å². The third-order valence-electron chi connectivity index (χ3n) is 2.29. The third-order valence-corrected chi connectivity index (χ3v) is 2.66. The van der Waals surface area contributed by atoms with Gasteiger partial charge in [0.25, 0.3) is 0 Å². The molecule has 0 aliphatic heterocycles. The number of anilines is 1. The third kappa shape index (κ3) is 3.21. The van der Waals surface area contributed by atoms with Crippen LogP contribution in [-0.4, -0.2) is 20.7 Å². The molecule has 2 rings (SSSR count). The Morgan fingerprint density at radius 3 is 2.89 bits per heavy atom. The lowest BCUT2D eigenvalue weighted by Gasteiger charge is -2.06. The van der Waals surface area contributed by atoms with E-state index in [-0.39, 0.29) is 18.4 Å². The minimum Gasteiger partial charge on any atom is -0.367 e. The number of amides is 1. The normalized spacial score (nSPS) is 10.3. The molecule has 0 unspecified atom stereocenters. The molecule has 7 heteroatoms. The van der Waals surface area contributed by atoms with Crippen LogP contribution in [0.5, 0.6) is 0 Å². The Labute approximate surface area is 109 Å². The molecule has 18 heavy (non-hydrogen) atoms. The number of nitrogens with two attached hydrogens (primary N) is 1. The van der Waals surface area contributed by atoms with Gasteiger partial charge in [-0.2, -0.15) is 0 Å². The van der Waals surface area contributed by atoms with Crippen LogP contribution < -0.4 is 11.1 Å². The summed E-state index contributed by atoms with van der Waals surface area (Å²) in [5.41, 5.74) is 6.21. The van der Waals surface area contributed by atoms with Gasteiger partial charge in [-0.05, 0) is 11.6 Å².